The van der Waals surface area contributed by atoms with Crippen molar-refractivity contribution in [2.75, 3.05) is 0 Å². The number of nitrogens with zero attached hydrogens (tertiary/aromatic N) is 2. The minimum atomic E-state index is -1.06. The van der Waals surface area contributed by atoms with Crippen molar-refractivity contribution in [3.8, 4) is 0 Å². The molecule has 0 aromatic carbocycles. The van der Waals surface area contributed by atoms with Gasteiger partial charge in [0.25, 0.3) is 5.71 Å². The van der Waals surface area contributed by atoms with Gasteiger partial charge in [0.1, 0.15) is 6.42 Å². The van der Waals surface area contributed by atoms with Crippen LogP contribution in [0, 0.1) is 0 Å². The van der Waals surface area contributed by atoms with E-state index in [4.69, 9.17) is 15.7 Å². The molecule has 0 atom stereocenters. The van der Waals surface area contributed by atoms with Gasteiger partial charge in [0.2, 0.25) is 0 Å². The van der Waals surface area contributed by atoms with Crippen LogP contribution in [0.4, 0.5) is 0 Å². The van der Waals surface area contributed by atoms with Crippen molar-refractivity contribution < 1.29 is 24.6 Å². The number of carboxylic acid groups (broad SMARTS) is 2. The Bertz CT molecular complexity index is 269. The molecule has 0 radical (unpaired) electrons. The predicted molar refractivity (Wildman–Crippen MR) is 47.0 cm³/mol. The summed E-state index contributed by atoms with van der Waals surface area (Å²) in [6, 6.07) is 0. The summed E-state index contributed by atoms with van der Waals surface area (Å²) in [7, 11) is 0. The second kappa shape index (κ2) is 6.80. The average Bonchev–Trinajstić information content (AvgIpc) is 2.09. The molecule has 0 saturated heterocycles. The van der Waals surface area contributed by atoms with Gasteiger partial charge in [-0.25, -0.2) is 0 Å². The molecule has 0 saturated carbocycles. The molecule has 0 aliphatic heterocycles. The molecule has 0 bridgehead atoms. The van der Waals surface area contributed by atoms with Crippen LogP contribution in [0.3, 0.4) is 0 Å². The molecule has 0 aromatic rings. The lowest BCUT2D eigenvalue weighted by Crippen LogP contribution is -2.08. The highest BCUT2D eigenvalue weighted by molar-refractivity contribution is 5.94. The largest absolute Gasteiger partial charge is 0.481 e. The summed E-state index contributed by atoms with van der Waals surface area (Å²) in [5.74, 6) is -1.94. The molecule has 0 aliphatic rings. The molecule has 0 fully saturated rings. The Hall–Kier alpha value is -1.68. The van der Waals surface area contributed by atoms with Gasteiger partial charge in [-0.3, -0.25) is 9.59 Å². The molecule has 0 amide bonds. The van der Waals surface area contributed by atoms with Crippen molar-refractivity contribution in [3.63, 3.8) is 0 Å². The standard InChI is InChI=1S/C8H12N2O4/c9-10-6(5-8(13)14)3-1-2-4-7(11)12/h1-5H2,(H,11,12)(H,13,14). The molecule has 14 heavy (non-hydrogen) atoms. The first kappa shape index (κ1) is 12.3. The molecule has 0 unspecified atom stereocenters. The van der Waals surface area contributed by atoms with Crippen LogP contribution < -0.4 is 0 Å². The van der Waals surface area contributed by atoms with Crippen molar-refractivity contribution >= 4 is 17.7 Å². The van der Waals surface area contributed by atoms with Crippen LogP contribution in [-0.4, -0.2) is 32.7 Å². The Balaban J connectivity index is 3.70. The summed E-state index contributed by atoms with van der Waals surface area (Å²) in [6.07, 6.45) is 1.03. The van der Waals surface area contributed by atoms with Crippen LogP contribution >= 0.6 is 0 Å². The van der Waals surface area contributed by atoms with Gasteiger partial charge < -0.3 is 15.7 Å². The molecule has 6 heteroatoms. The Morgan fingerprint density at radius 2 is 1.64 bits per heavy atom. The van der Waals surface area contributed by atoms with Crippen molar-refractivity contribution in [2.45, 2.75) is 32.1 Å². The van der Waals surface area contributed by atoms with Gasteiger partial charge in [-0.15, -0.1) is 0 Å². The van der Waals surface area contributed by atoms with E-state index in [1.54, 1.807) is 0 Å². The summed E-state index contributed by atoms with van der Waals surface area (Å²) in [5.41, 5.74) is 8.56. The van der Waals surface area contributed by atoms with Crippen LogP contribution in [0.15, 0.2) is 0 Å². The lowest BCUT2D eigenvalue weighted by molar-refractivity contribution is -0.138. The highest BCUT2D eigenvalue weighted by Crippen LogP contribution is 2.02. The lowest BCUT2D eigenvalue weighted by atomic mass is 10.1. The van der Waals surface area contributed by atoms with E-state index >= 15 is 0 Å². The Morgan fingerprint density at radius 1 is 1.07 bits per heavy atom. The van der Waals surface area contributed by atoms with E-state index in [1.807, 2.05) is 0 Å². The summed E-state index contributed by atoms with van der Waals surface area (Å²) in [5, 5.41) is 16.7. The van der Waals surface area contributed by atoms with E-state index in [0.29, 0.717) is 19.3 Å². The van der Waals surface area contributed by atoms with Gasteiger partial charge in [0.15, 0.2) is 0 Å². The van der Waals surface area contributed by atoms with Crippen LogP contribution in [0.25, 0.3) is 5.53 Å². The first-order valence-electron chi connectivity index (χ1n) is 4.19. The Labute approximate surface area is 80.8 Å². The van der Waals surface area contributed by atoms with E-state index in [9.17, 15) is 9.59 Å². The van der Waals surface area contributed by atoms with Crippen molar-refractivity contribution in [1.29, 1.82) is 0 Å². The second-order valence-corrected chi connectivity index (χ2v) is 2.84. The molecule has 2 N–H and O–H groups in total. The van der Waals surface area contributed by atoms with E-state index in [0.717, 1.165) is 0 Å². The fraction of sp³-hybridized carbons (Fsp3) is 0.625. The number of carboxylic acids is 2. The Morgan fingerprint density at radius 3 is 2.07 bits per heavy atom. The van der Waals surface area contributed by atoms with E-state index < -0.39 is 11.9 Å². The highest BCUT2D eigenvalue weighted by Gasteiger charge is 2.12. The fourth-order valence-electron chi connectivity index (χ4n) is 0.954. The normalized spacial score (nSPS) is 9.14. The maximum Gasteiger partial charge on any atom is 0.314 e. The molecular weight excluding hydrogens is 188 g/mol. The molecular formula is C8H12N2O4. The first-order chi connectivity index (χ1) is 6.56. The van der Waals surface area contributed by atoms with E-state index in [2.05, 4.69) is 4.79 Å². The summed E-state index contributed by atoms with van der Waals surface area (Å²) < 4.78 is 0. The quantitative estimate of drug-likeness (QED) is 0.273. The van der Waals surface area contributed by atoms with Gasteiger partial charge in [0, 0.05) is 12.8 Å². The lowest BCUT2D eigenvalue weighted by Gasteiger charge is -1.93. The molecule has 0 rings (SSSR count). The third-order valence-electron chi connectivity index (χ3n) is 1.60. The number of aliphatic carboxylic acids is 2. The van der Waals surface area contributed by atoms with Crippen LogP contribution in [0.1, 0.15) is 32.1 Å². The van der Waals surface area contributed by atoms with E-state index in [1.165, 1.54) is 0 Å². The van der Waals surface area contributed by atoms with Gasteiger partial charge in [-0.05, 0) is 12.8 Å². The monoisotopic (exact) mass is 200 g/mol. The van der Waals surface area contributed by atoms with Crippen LogP contribution in [0.5, 0.6) is 0 Å². The number of carbonyl (C=O) groups is 2. The van der Waals surface area contributed by atoms with Crippen LogP contribution in [0.2, 0.25) is 0 Å². The highest BCUT2D eigenvalue weighted by atomic mass is 16.4. The zero-order chi connectivity index (χ0) is 11.0. The van der Waals surface area contributed by atoms with Gasteiger partial charge in [-0.2, -0.15) is 4.79 Å². The zero-order valence-electron chi connectivity index (χ0n) is 7.64. The van der Waals surface area contributed by atoms with Gasteiger partial charge in [0.05, 0.1) is 0 Å². The summed E-state index contributed by atoms with van der Waals surface area (Å²) in [6.45, 7) is 0. The predicted octanol–water partition coefficient (Wildman–Crippen LogP) is 0.777. The van der Waals surface area contributed by atoms with Crippen LogP contribution in [-0.2, 0) is 9.59 Å². The molecule has 0 spiro atoms. The number of rotatable bonds is 7. The van der Waals surface area contributed by atoms with Gasteiger partial charge >= 0.3 is 11.9 Å². The SMILES string of the molecule is [N-]=[N+]=C(CCCCC(=O)O)CC(=O)O. The van der Waals surface area contributed by atoms with Crippen molar-refractivity contribution in [2.24, 2.45) is 0 Å². The first-order valence-corrected chi connectivity index (χ1v) is 4.19. The minimum absolute atomic E-state index is 0.0474. The number of unbranched alkanes of at least 4 members (excludes halogenated alkanes) is 1. The summed E-state index contributed by atoms with van der Waals surface area (Å²) >= 11 is 0. The molecule has 0 aliphatic carbocycles. The molecule has 78 valence electrons. The third-order valence-corrected chi connectivity index (χ3v) is 1.60. The topological polar surface area (TPSA) is 111 Å². The minimum Gasteiger partial charge on any atom is -0.481 e. The summed E-state index contributed by atoms with van der Waals surface area (Å²) in [4.78, 5) is 23.2. The Kier molecular flexibility index (Phi) is 5.98. The average molecular weight is 200 g/mol. The maximum atomic E-state index is 10.2. The molecule has 6 nitrogen and oxygen atoms in total. The number of hydrogen-bond acceptors (Lipinski definition) is 2. The van der Waals surface area contributed by atoms with Gasteiger partial charge in [-0.1, -0.05) is 0 Å². The third kappa shape index (κ3) is 7.00. The molecule has 0 aromatic heterocycles. The second-order valence-electron chi connectivity index (χ2n) is 2.84. The number of hydrogen-bond donors (Lipinski definition) is 2. The maximum absolute atomic E-state index is 10.2. The van der Waals surface area contributed by atoms with Crippen molar-refractivity contribution in [3.05, 3.63) is 5.53 Å². The molecule has 0 heterocycles. The smallest absolute Gasteiger partial charge is 0.314 e. The van der Waals surface area contributed by atoms with Crippen molar-refractivity contribution in [1.82, 2.24) is 0 Å². The fourth-order valence-corrected chi connectivity index (χ4v) is 0.954. The van der Waals surface area contributed by atoms with E-state index in [-0.39, 0.29) is 18.6 Å². The zero-order valence-corrected chi connectivity index (χ0v) is 7.64.